The largest absolute Gasteiger partial charge is 0.319 e. The molecule has 3 aromatic rings. The second-order valence-electron chi connectivity index (χ2n) is 4.56. The molecule has 4 heteroatoms. The van der Waals surface area contributed by atoms with Crippen molar-refractivity contribution in [3.8, 4) is 0 Å². The molecule has 0 atom stereocenters. The maximum atomic E-state index is 12.2. The molecule has 2 heterocycles. The minimum Gasteiger partial charge on any atom is -0.319 e. The lowest BCUT2D eigenvalue weighted by molar-refractivity contribution is 0.102. The van der Waals surface area contributed by atoms with Crippen LogP contribution in [-0.4, -0.2) is 15.9 Å². The van der Waals surface area contributed by atoms with Gasteiger partial charge in [0.25, 0.3) is 5.91 Å². The molecule has 2 aromatic heterocycles. The first-order chi connectivity index (χ1) is 9.74. The number of nitrogens with zero attached hydrogens (tertiary/aromatic N) is 2. The van der Waals surface area contributed by atoms with Gasteiger partial charge in [0, 0.05) is 17.8 Å². The molecule has 0 aliphatic rings. The van der Waals surface area contributed by atoms with Crippen LogP contribution in [-0.2, 0) is 0 Å². The van der Waals surface area contributed by atoms with Gasteiger partial charge in [0.1, 0.15) is 5.69 Å². The average Bonchev–Trinajstić information content (AvgIpc) is 2.48. The van der Waals surface area contributed by atoms with E-state index in [-0.39, 0.29) is 5.91 Å². The average molecular weight is 263 g/mol. The molecule has 0 saturated carbocycles. The molecule has 0 spiro atoms. The zero-order valence-electron chi connectivity index (χ0n) is 11.0. The van der Waals surface area contributed by atoms with Crippen LogP contribution in [0.4, 0.5) is 5.69 Å². The molecule has 0 bridgehead atoms. The molecular formula is C16H13N3O. The van der Waals surface area contributed by atoms with Crippen LogP contribution in [0.15, 0.2) is 54.9 Å². The molecule has 98 valence electrons. The Hall–Kier alpha value is -2.75. The maximum absolute atomic E-state index is 12.2. The zero-order chi connectivity index (χ0) is 13.9. The number of benzene rings is 1. The Kier molecular flexibility index (Phi) is 3.13. The molecule has 1 aromatic carbocycles. The third-order valence-corrected chi connectivity index (χ3v) is 2.99. The Morgan fingerprint density at radius 2 is 1.90 bits per heavy atom. The van der Waals surface area contributed by atoms with E-state index in [9.17, 15) is 4.79 Å². The molecule has 4 nitrogen and oxygen atoms in total. The van der Waals surface area contributed by atoms with Gasteiger partial charge in [-0.25, -0.2) is 0 Å². The molecule has 0 radical (unpaired) electrons. The summed E-state index contributed by atoms with van der Waals surface area (Å²) in [6, 6.07) is 13.1. The van der Waals surface area contributed by atoms with E-state index in [1.165, 1.54) is 0 Å². The highest BCUT2D eigenvalue weighted by Gasteiger charge is 2.10. The van der Waals surface area contributed by atoms with Crippen molar-refractivity contribution in [3.63, 3.8) is 0 Å². The van der Waals surface area contributed by atoms with Gasteiger partial charge in [-0.3, -0.25) is 14.8 Å². The van der Waals surface area contributed by atoms with Crippen LogP contribution in [0.2, 0.25) is 0 Å². The van der Waals surface area contributed by atoms with Crippen molar-refractivity contribution in [3.05, 3.63) is 66.1 Å². The van der Waals surface area contributed by atoms with Crippen LogP contribution in [0.25, 0.3) is 10.9 Å². The van der Waals surface area contributed by atoms with E-state index < -0.39 is 0 Å². The van der Waals surface area contributed by atoms with Gasteiger partial charge in [0.15, 0.2) is 0 Å². The van der Waals surface area contributed by atoms with Gasteiger partial charge in [0.05, 0.1) is 11.2 Å². The van der Waals surface area contributed by atoms with Gasteiger partial charge in [0.2, 0.25) is 0 Å². The Morgan fingerprint density at radius 1 is 1.05 bits per heavy atom. The van der Waals surface area contributed by atoms with Crippen LogP contribution in [0, 0.1) is 6.92 Å². The minimum atomic E-state index is -0.233. The van der Waals surface area contributed by atoms with Gasteiger partial charge in [-0.1, -0.05) is 12.1 Å². The third kappa shape index (κ3) is 2.36. The van der Waals surface area contributed by atoms with E-state index in [4.69, 9.17) is 0 Å². The van der Waals surface area contributed by atoms with E-state index in [0.29, 0.717) is 11.4 Å². The summed E-state index contributed by atoms with van der Waals surface area (Å²) in [7, 11) is 0. The molecule has 0 unspecified atom stereocenters. The Bertz CT molecular complexity index is 769. The summed E-state index contributed by atoms with van der Waals surface area (Å²) in [6.45, 7) is 1.99. The summed E-state index contributed by atoms with van der Waals surface area (Å²) in [6.07, 6.45) is 3.32. The molecule has 20 heavy (non-hydrogen) atoms. The number of hydrogen-bond acceptors (Lipinski definition) is 3. The smallest absolute Gasteiger partial charge is 0.274 e. The predicted molar refractivity (Wildman–Crippen MR) is 78.7 cm³/mol. The van der Waals surface area contributed by atoms with Crippen molar-refractivity contribution in [2.24, 2.45) is 0 Å². The number of anilines is 1. The predicted octanol–water partition coefficient (Wildman–Crippen LogP) is 3.19. The number of carbonyl (C=O) groups excluding carboxylic acids is 1. The van der Waals surface area contributed by atoms with Crippen molar-refractivity contribution in [2.75, 3.05) is 5.32 Å². The lowest BCUT2D eigenvalue weighted by Gasteiger charge is -2.09. The highest BCUT2D eigenvalue weighted by molar-refractivity contribution is 6.07. The number of aryl methyl sites for hydroxylation is 1. The molecule has 1 amide bonds. The van der Waals surface area contributed by atoms with Gasteiger partial charge >= 0.3 is 0 Å². The Labute approximate surface area is 116 Å². The van der Waals surface area contributed by atoms with E-state index in [1.807, 2.05) is 31.2 Å². The number of aromatic nitrogens is 2. The normalized spacial score (nSPS) is 10.4. The number of rotatable bonds is 2. The first kappa shape index (κ1) is 12.3. The highest BCUT2D eigenvalue weighted by atomic mass is 16.1. The van der Waals surface area contributed by atoms with Crippen LogP contribution < -0.4 is 5.32 Å². The number of hydrogen-bond donors (Lipinski definition) is 1. The lowest BCUT2D eigenvalue weighted by atomic mass is 10.1. The minimum absolute atomic E-state index is 0.233. The number of amides is 1. The summed E-state index contributed by atoms with van der Waals surface area (Å²) in [4.78, 5) is 20.5. The van der Waals surface area contributed by atoms with Crippen molar-refractivity contribution in [1.29, 1.82) is 0 Å². The second-order valence-corrected chi connectivity index (χ2v) is 4.56. The highest BCUT2D eigenvalue weighted by Crippen LogP contribution is 2.23. The van der Waals surface area contributed by atoms with Crippen LogP contribution in [0.3, 0.4) is 0 Å². The second kappa shape index (κ2) is 5.09. The van der Waals surface area contributed by atoms with Crippen LogP contribution in [0.1, 0.15) is 16.1 Å². The Balaban J connectivity index is 2.01. The summed E-state index contributed by atoms with van der Waals surface area (Å²) in [5, 5.41) is 3.88. The van der Waals surface area contributed by atoms with Gasteiger partial charge in [-0.05, 0) is 42.8 Å². The fourth-order valence-electron chi connectivity index (χ4n) is 2.12. The van der Waals surface area contributed by atoms with E-state index >= 15 is 0 Å². The van der Waals surface area contributed by atoms with Crippen LogP contribution in [0.5, 0.6) is 0 Å². The summed E-state index contributed by atoms with van der Waals surface area (Å²) in [5.41, 5.74) is 2.94. The molecular weight excluding hydrogens is 250 g/mol. The molecule has 0 aliphatic heterocycles. The van der Waals surface area contributed by atoms with Gasteiger partial charge in [-0.2, -0.15) is 0 Å². The van der Waals surface area contributed by atoms with E-state index in [0.717, 1.165) is 16.5 Å². The number of carbonyl (C=O) groups is 1. The molecule has 3 rings (SSSR count). The maximum Gasteiger partial charge on any atom is 0.274 e. The van der Waals surface area contributed by atoms with Gasteiger partial charge in [-0.15, -0.1) is 0 Å². The first-order valence-corrected chi connectivity index (χ1v) is 6.32. The van der Waals surface area contributed by atoms with Gasteiger partial charge < -0.3 is 5.32 Å². The third-order valence-electron chi connectivity index (χ3n) is 2.99. The fourth-order valence-corrected chi connectivity index (χ4v) is 2.12. The standard InChI is InChI=1S/C16H13N3O/c1-11-9-12-5-4-8-18-15(12)14(10-11)19-16(20)13-6-2-3-7-17-13/h2-10H,1H3,(H,19,20). The zero-order valence-corrected chi connectivity index (χ0v) is 11.0. The number of nitrogens with one attached hydrogen (secondary N) is 1. The van der Waals surface area contributed by atoms with Crippen molar-refractivity contribution in [1.82, 2.24) is 9.97 Å². The fraction of sp³-hybridized carbons (Fsp3) is 0.0625. The number of pyridine rings is 2. The molecule has 0 aliphatic carbocycles. The van der Waals surface area contributed by atoms with E-state index in [1.54, 1.807) is 30.6 Å². The summed E-state index contributed by atoms with van der Waals surface area (Å²) in [5.74, 6) is -0.233. The topological polar surface area (TPSA) is 54.9 Å². The van der Waals surface area contributed by atoms with Crippen LogP contribution >= 0.6 is 0 Å². The monoisotopic (exact) mass is 263 g/mol. The quantitative estimate of drug-likeness (QED) is 0.772. The SMILES string of the molecule is Cc1cc(NC(=O)c2ccccn2)c2ncccc2c1. The Morgan fingerprint density at radius 3 is 2.70 bits per heavy atom. The molecule has 0 fully saturated rings. The summed E-state index contributed by atoms with van der Waals surface area (Å²) >= 11 is 0. The summed E-state index contributed by atoms with van der Waals surface area (Å²) < 4.78 is 0. The van der Waals surface area contributed by atoms with E-state index in [2.05, 4.69) is 15.3 Å². The first-order valence-electron chi connectivity index (χ1n) is 6.32. The van der Waals surface area contributed by atoms with Crippen molar-refractivity contribution < 1.29 is 4.79 Å². The number of fused-ring (bicyclic) bond motifs is 1. The van der Waals surface area contributed by atoms with Crippen molar-refractivity contribution >= 4 is 22.5 Å². The molecule has 1 N–H and O–H groups in total. The molecule has 0 saturated heterocycles. The lowest BCUT2D eigenvalue weighted by Crippen LogP contribution is -2.14. The van der Waals surface area contributed by atoms with Crippen molar-refractivity contribution in [2.45, 2.75) is 6.92 Å².